The lowest BCUT2D eigenvalue weighted by Crippen LogP contribution is -2.38. The van der Waals surface area contributed by atoms with Gasteiger partial charge in [0.25, 0.3) is 0 Å². The summed E-state index contributed by atoms with van der Waals surface area (Å²) in [7, 11) is 0.199. The molecule has 2 heterocycles. The van der Waals surface area contributed by atoms with Gasteiger partial charge in [-0.15, -0.1) is 0 Å². The van der Waals surface area contributed by atoms with Gasteiger partial charge in [-0.25, -0.2) is 13.1 Å². The molecule has 0 radical (unpaired) electrons. The molecule has 2 unspecified atom stereocenters. The molecule has 0 amide bonds. The Balaban J connectivity index is 1.95. The predicted molar refractivity (Wildman–Crippen MR) is 65.0 cm³/mol. The highest BCUT2D eigenvalue weighted by Gasteiger charge is 2.36. The number of ether oxygens (including phenoxy) is 1. The van der Waals surface area contributed by atoms with E-state index < -0.39 is 22.0 Å². The molecule has 1 aromatic rings. The van der Waals surface area contributed by atoms with E-state index in [0.717, 1.165) is 5.69 Å². The second kappa shape index (κ2) is 4.87. The van der Waals surface area contributed by atoms with Gasteiger partial charge in [0.15, 0.2) is 9.84 Å². The summed E-state index contributed by atoms with van der Waals surface area (Å²) in [5.74, 6) is 0.431. The van der Waals surface area contributed by atoms with Crippen molar-refractivity contribution in [2.24, 2.45) is 7.05 Å². The van der Waals surface area contributed by atoms with Gasteiger partial charge in [-0.2, -0.15) is 5.10 Å². The van der Waals surface area contributed by atoms with Gasteiger partial charge in [0.2, 0.25) is 5.88 Å². The number of aliphatic hydroxyl groups is 1. The van der Waals surface area contributed by atoms with E-state index in [1.807, 2.05) is 0 Å². The van der Waals surface area contributed by atoms with Crippen molar-refractivity contribution in [2.45, 2.75) is 18.7 Å². The lowest BCUT2D eigenvalue weighted by Gasteiger charge is -2.13. The Bertz CT molecular complexity index is 525. The van der Waals surface area contributed by atoms with Gasteiger partial charge in [0, 0.05) is 25.7 Å². The van der Waals surface area contributed by atoms with Crippen molar-refractivity contribution in [2.75, 3.05) is 18.6 Å². The minimum atomic E-state index is -3.12. The molecule has 1 saturated heterocycles. The average molecular weight is 275 g/mol. The molecule has 1 aromatic heterocycles. The number of nitrogens with one attached hydrogen (secondary N) is 1. The maximum Gasteiger partial charge on any atom is 0.211 e. The molecule has 1 aliphatic heterocycles. The monoisotopic (exact) mass is 275 g/mol. The number of sulfone groups is 1. The van der Waals surface area contributed by atoms with Crippen LogP contribution < -0.4 is 10.1 Å². The summed E-state index contributed by atoms with van der Waals surface area (Å²) >= 11 is 0. The Morgan fingerprint density at radius 1 is 1.61 bits per heavy atom. The molecule has 1 aliphatic rings. The maximum absolute atomic E-state index is 11.3. The van der Waals surface area contributed by atoms with Crippen molar-refractivity contribution in [1.29, 1.82) is 0 Å². The molecular formula is C10H17N3O4S. The quantitative estimate of drug-likeness (QED) is 0.707. The van der Waals surface area contributed by atoms with Crippen LogP contribution in [0.4, 0.5) is 0 Å². The van der Waals surface area contributed by atoms with E-state index in [1.54, 1.807) is 24.9 Å². The van der Waals surface area contributed by atoms with Crippen LogP contribution in [0.3, 0.4) is 0 Å². The molecule has 0 aliphatic carbocycles. The molecule has 7 nitrogen and oxygen atoms in total. The highest BCUT2D eigenvalue weighted by atomic mass is 32.2. The van der Waals surface area contributed by atoms with Crippen LogP contribution in [0.15, 0.2) is 6.07 Å². The summed E-state index contributed by atoms with van der Waals surface area (Å²) in [6, 6.07) is 1.34. The number of aliphatic hydroxyl groups excluding tert-OH is 1. The summed E-state index contributed by atoms with van der Waals surface area (Å²) in [6.07, 6.45) is -0.847. The molecule has 2 rings (SSSR count). The highest BCUT2D eigenvalue weighted by molar-refractivity contribution is 7.91. The van der Waals surface area contributed by atoms with Gasteiger partial charge >= 0.3 is 0 Å². The maximum atomic E-state index is 11.3. The number of hydrogen-bond acceptors (Lipinski definition) is 6. The minimum absolute atomic E-state index is 0.0296. The summed E-state index contributed by atoms with van der Waals surface area (Å²) in [5, 5.41) is 16.8. The Morgan fingerprint density at radius 2 is 2.33 bits per heavy atom. The number of aromatic nitrogens is 2. The van der Waals surface area contributed by atoms with Gasteiger partial charge < -0.3 is 15.2 Å². The van der Waals surface area contributed by atoms with Crippen LogP contribution in [0.25, 0.3) is 0 Å². The number of hydrogen-bond donors (Lipinski definition) is 2. The second-order valence-corrected chi connectivity index (χ2v) is 6.59. The van der Waals surface area contributed by atoms with E-state index in [1.165, 1.54) is 0 Å². The first-order valence-corrected chi connectivity index (χ1v) is 7.42. The first-order valence-electron chi connectivity index (χ1n) is 5.60. The van der Waals surface area contributed by atoms with Crippen LogP contribution in [-0.4, -0.2) is 54.1 Å². The Kier molecular flexibility index (Phi) is 3.60. The zero-order valence-electron chi connectivity index (χ0n) is 10.3. The third kappa shape index (κ3) is 2.82. The summed E-state index contributed by atoms with van der Waals surface area (Å²) in [4.78, 5) is 0. The second-order valence-electron chi connectivity index (χ2n) is 4.43. The Morgan fingerprint density at radius 3 is 2.83 bits per heavy atom. The van der Waals surface area contributed by atoms with Crippen LogP contribution >= 0.6 is 0 Å². The number of rotatable bonds is 4. The fourth-order valence-corrected chi connectivity index (χ4v) is 3.82. The van der Waals surface area contributed by atoms with Gasteiger partial charge in [-0.05, 0) is 0 Å². The van der Waals surface area contributed by atoms with Crippen molar-refractivity contribution >= 4 is 9.84 Å². The first kappa shape index (κ1) is 13.3. The van der Waals surface area contributed by atoms with Crippen molar-refractivity contribution in [1.82, 2.24) is 15.1 Å². The Hall–Kier alpha value is -1.12. The molecule has 0 spiro atoms. The predicted octanol–water partition coefficient (Wildman–Crippen LogP) is -1.32. The average Bonchev–Trinajstić information content (AvgIpc) is 2.75. The summed E-state index contributed by atoms with van der Waals surface area (Å²) in [5.41, 5.74) is 0.742. The fourth-order valence-electron chi connectivity index (χ4n) is 2.04. The molecule has 0 saturated carbocycles. The molecule has 8 heteroatoms. The molecule has 0 aromatic carbocycles. The van der Waals surface area contributed by atoms with E-state index in [9.17, 15) is 13.5 Å². The van der Waals surface area contributed by atoms with Gasteiger partial charge in [0.05, 0.1) is 30.4 Å². The van der Waals surface area contributed by atoms with Gasteiger partial charge in [-0.3, -0.25) is 0 Å². The van der Waals surface area contributed by atoms with Gasteiger partial charge in [-0.1, -0.05) is 0 Å². The standard InChI is InChI=1S/C10H17N3O4S/c1-13-10(17-2)3-7(12-13)4-11-8-5-18(15,16)6-9(8)14/h3,8-9,11,14H,4-6H2,1-2H3. The molecule has 0 bridgehead atoms. The SMILES string of the molecule is COc1cc(CNC2CS(=O)(=O)CC2O)nn1C. The van der Waals surface area contributed by atoms with E-state index in [-0.39, 0.29) is 11.5 Å². The highest BCUT2D eigenvalue weighted by Crippen LogP contribution is 2.14. The Labute approximate surface area is 106 Å². The van der Waals surface area contributed by atoms with Gasteiger partial charge in [0.1, 0.15) is 0 Å². The topological polar surface area (TPSA) is 93.4 Å². The van der Waals surface area contributed by atoms with Crippen molar-refractivity contribution in [3.63, 3.8) is 0 Å². The van der Waals surface area contributed by atoms with E-state index in [4.69, 9.17) is 4.74 Å². The third-order valence-corrected chi connectivity index (χ3v) is 4.68. The zero-order valence-corrected chi connectivity index (χ0v) is 11.1. The normalized spacial score (nSPS) is 26.4. The molecule has 1 fully saturated rings. The number of methoxy groups -OCH3 is 1. The third-order valence-electron chi connectivity index (χ3n) is 2.96. The van der Waals surface area contributed by atoms with Crippen molar-refractivity contribution < 1.29 is 18.3 Å². The lowest BCUT2D eigenvalue weighted by molar-refractivity contribution is 0.165. The molecular weight excluding hydrogens is 258 g/mol. The van der Waals surface area contributed by atoms with Crippen LogP contribution in [0, 0.1) is 0 Å². The smallest absolute Gasteiger partial charge is 0.211 e. The molecule has 102 valence electrons. The first-order chi connectivity index (χ1) is 8.41. The molecule has 2 N–H and O–H groups in total. The molecule has 2 atom stereocenters. The van der Waals surface area contributed by atoms with E-state index in [2.05, 4.69) is 10.4 Å². The van der Waals surface area contributed by atoms with E-state index in [0.29, 0.717) is 12.4 Å². The molecule has 18 heavy (non-hydrogen) atoms. The fraction of sp³-hybridized carbons (Fsp3) is 0.700. The largest absolute Gasteiger partial charge is 0.481 e. The van der Waals surface area contributed by atoms with Crippen LogP contribution in [0.1, 0.15) is 5.69 Å². The van der Waals surface area contributed by atoms with Crippen molar-refractivity contribution in [3.8, 4) is 5.88 Å². The minimum Gasteiger partial charge on any atom is -0.481 e. The van der Waals surface area contributed by atoms with Crippen LogP contribution in [-0.2, 0) is 23.4 Å². The lowest BCUT2D eigenvalue weighted by atomic mass is 10.2. The van der Waals surface area contributed by atoms with Crippen molar-refractivity contribution in [3.05, 3.63) is 11.8 Å². The summed E-state index contributed by atoms with van der Waals surface area (Å²) < 4.78 is 29.3. The number of nitrogens with zero attached hydrogens (tertiary/aromatic N) is 2. The van der Waals surface area contributed by atoms with E-state index >= 15 is 0 Å². The zero-order chi connectivity index (χ0) is 13.3. The van der Waals surface area contributed by atoms with Crippen LogP contribution in [0.5, 0.6) is 5.88 Å². The van der Waals surface area contributed by atoms with Crippen LogP contribution in [0.2, 0.25) is 0 Å². The number of aryl methyl sites for hydroxylation is 1. The summed E-state index contributed by atoms with van der Waals surface area (Å²) in [6.45, 7) is 0.397.